The highest BCUT2D eigenvalue weighted by atomic mass is 32.2. The van der Waals surface area contributed by atoms with Crippen molar-refractivity contribution in [3.63, 3.8) is 0 Å². The molecule has 0 bridgehead atoms. The molecule has 0 aliphatic heterocycles. The Balaban J connectivity index is 0.000000192. The lowest BCUT2D eigenvalue weighted by molar-refractivity contribution is 0.209. The fourth-order valence-corrected chi connectivity index (χ4v) is 4.69. The zero-order valence-corrected chi connectivity index (χ0v) is 19.0. The van der Waals surface area contributed by atoms with Crippen molar-refractivity contribution in [1.29, 1.82) is 0 Å². The molecule has 4 aromatic carbocycles. The monoisotopic (exact) mass is 501 g/mol. The van der Waals surface area contributed by atoms with E-state index in [4.69, 9.17) is 14.2 Å². The largest absolute Gasteiger partial charge is 0.465 e. The predicted octanol–water partition coefficient (Wildman–Crippen LogP) is 4.78. The number of rotatable bonds is 4. The number of anilines is 1. The standard InChI is InChI=1S/C13H11NO2.C10H8O6S2/c15-13(16)14-12-9-5-4-8-11(12)10-6-2-1-3-7-10;11-17(12,13)9-5-1-3-7-8(9)4-2-6-10(7)18(14,15)16/h1-9,14H,(H,15,16);1-6H,(H,11,12,13)(H,14,15,16). The fraction of sp³-hybridized carbons (Fsp3) is 0. The Hall–Kier alpha value is -3.77. The molecule has 0 aromatic heterocycles. The van der Waals surface area contributed by atoms with Crippen molar-refractivity contribution in [2.45, 2.75) is 9.79 Å². The van der Waals surface area contributed by atoms with Gasteiger partial charge < -0.3 is 5.11 Å². The van der Waals surface area contributed by atoms with Crippen molar-refractivity contribution in [2.75, 3.05) is 5.32 Å². The third kappa shape index (κ3) is 5.97. The van der Waals surface area contributed by atoms with Gasteiger partial charge in [0, 0.05) is 16.3 Å². The number of para-hydroxylation sites is 1. The second kappa shape index (κ2) is 10.0. The van der Waals surface area contributed by atoms with Gasteiger partial charge in [0.2, 0.25) is 0 Å². The smallest absolute Gasteiger partial charge is 0.409 e. The maximum Gasteiger partial charge on any atom is 0.409 e. The van der Waals surface area contributed by atoms with E-state index in [1.807, 2.05) is 42.5 Å². The first-order valence-electron chi connectivity index (χ1n) is 9.59. The third-order valence-electron chi connectivity index (χ3n) is 4.65. The van der Waals surface area contributed by atoms with Crippen LogP contribution >= 0.6 is 0 Å². The predicted molar refractivity (Wildman–Crippen MR) is 127 cm³/mol. The van der Waals surface area contributed by atoms with Gasteiger partial charge in [-0.15, -0.1) is 0 Å². The Morgan fingerprint density at radius 3 is 1.56 bits per heavy atom. The van der Waals surface area contributed by atoms with Crippen molar-refractivity contribution in [1.82, 2.24) is 0 Å². The number of nitrogens with one attached hydrogen (secondary N) is 1. The molecule has 0 fully saturated rings. The van der Waals surface area contributed by atoms with Crippen LogP contribution in [0.4, 0.5) is 10.5 Å². The summed E-state index contributed by atoms with van der Waals surface area (Å²) in [5, 5.41) is 11.2. The zero-order valence-electron chi connectivity index (χ0n) is 17.4. The topological polar surface area (TPSA) is 158 Å². The molecule has 0 unspecified atom stereocenters. The molecule has 0 radical (unpaired) electrons. The molecule has 9 nitrogen and oxygen atoms in total. The van der Waals surface area contributed by atoms with Gasteiger partial charge in [-0.2, -0.15) is 16.8 Å². The number of hydrogen-bond donors (Lipinski definition) is 4. The summed E-state index contributed by atoms with van der Waals surface area (Å²) < 4.78 is 62.7. The van der Waals surface area contributed by atoms with Crippen molar-refractivity contribution >= 4 is 42.8 Å². The lowest BCUT2D eigenvalue weighted by atomic mass is 10.0. The Bertz CT molecular complexity index is 1480. The molecule has 0 saturated heterocycles. The van der Waals surface area contributed by atoms with E-state index in [1.165, 1.54) is 24.3 Å². The molecule has 1 amide bonds. The van der Waals surface area contributed by atoms with Gasteiger partial charge in [0.05, 0.1) is 5.69 Å². The maximum absolute atomic E-state index is 11.2. The summed E-state index contributed by atoms with van der Waals surface area (Å²) in [5.74, 6) is 0. The number of benzene rings is 4. The van der Waals surface area contributed by atoms with E-state index < -0.39 is 36.1 Å². The van der Waals surface area contributed by atoms with Gasteiger partial charge in [-0.1, -0.05) is 72.8 Å². The van der Waals surface area contributed by atoms with Crippen molar-refractivity contribution in [3.05, 3.63) is 91.0 Å². The lowest BCUT2D eigenvalue weighted by Crippen LogP contribution is -2.08. The normalized spacial score (nSPS) is 11.4. The summed E-state index contributed by atoms with van der Waals surface area (Å²) >= 11 is 0. The summed E-state index contributed by atoms with van der Waals surface area (Å²) in [4.78, 5) is 9.82. The van der Waals surface area contributed by atoms with Crippen LogP contribution in [0.15, 0.2) is 101 Å². The summed E-state index contributed by atoms with van der Waals surface area (Å²) in [5.41, 5.74) is 2.47. The first-order valence-corrected chi connectivity index (χ1v) is 12.5. The Labute approximate surface area is 195 Å². The first-order chi connectivity index (χ1) is 16.0. The first kappa shape index (κ1) is 24.9. The minimum absolute atomic E-state index is 0.0233. The van der Waals surface area contributed by atoms with Crippen molar-refractivity contribution in [3.8, 4) is 11.1 Å². The molecular weight excluding hydrogens is 482 g/mol. The van der Waals surface area contributed by atoms with Crippen LogP contribution in [0.2, 0.25) is 0 Å². The Morgan fingerprint density at radius 2 is 1.09 bits per heavy atom. The van der Waals surface area contributed by atoms with Crippen LogP contribution in [0.5, 0.6) is 0 Å². The number of hydrogen-bond acceptors (Lipinski definition) is 5. The molecule has 11 heteroatoms. The van der Waals surface area contributed by atoms with Crippen LogP contribution in [-0.2, 0) is 20.2 Å². The summed E-state index contributed by atoms with van der Waals surface area (Å²) in [6.07, 6.45) is -1.05. The molecule has 0 aliphatic rings. The Kier molecular flexibility index (Phi) is 7.32. The van der Waals surface area contributed by atoms with Gasteiger partial charge in [0.25, 0.3) is 20.2 Å². The van der Waals surface area contributed by atoms with E-state index in [0.717, 1.165) is 23.3 Å². The molecule has 4 aromatic rings. The molecule has 176 valence electrons. The van der Waals surface area contributed by atoms with Crippen molar-refractivity contribution < 1.29 is 35.8 Å². The molecule has 0 spiro atoms. The maximum atomic E-state index is 11.2. The van der Waals surface area contributed by atoms with Gasteiger partial charge in [-0.25, -0.2) is 4.79 Å². The minimum Gasteiger partial charge on any atom is -0.465 e. The van der Waals surface area contributed by atoms with Crippen LogP contribution < -0.4 is 5.32 Å². The highest BCUT2D eigenvalue weighted by Crippen LogP contribution is 2.28. The molecule has 4 N–H and O–H groups in total. The van der Waals surface area contributed by atoms with E-state index in [1.54, 1.807) is 12.1 Å². The third-order valence-corrected chi connectivity index (χ3v) is 6.47. The van der Waals surface area contributed by atoms with Gasteiger partial charge >= 0.3 is 6.09 Å². The van der Waals surface area contributed by atoms with Gasteiger partial charge in [-0.05, 0) is 23.8 Å². The van der Waals surface area contributed by atoms with Gasteiger partial charge in [0.15, 0.2) is 0 Å². The average molecular weight is 502 g/mol. The average Bonchev–Trinajstić information content (AvgIpc) is 2.78. The van der Waals surface area contributed by atoms with Gasteiger partial charge in [-0.3, -0.25) is 14.4 Å². The lowest BCUT2D eigenvalue weighted by Gasteiger charge is -2.08. The second-order valence-electron chi connectivity index (χ2n) is 6.90. The van der Waals surface area contributed by atoms with E-state index in [0.29, 0.717) is 5.69 Å². The van der Waals surface area contributed by atoms with Crippen LogP contribution in [0.3, 0.4) is 0 Å². The molecule has 0 heterocycles. The van der Waals surface area contributed by atoms with E-state index >= 15 is 0 Å². The number of carboxylic acid groups (broad SMARTS) is 1. The molecule has 0 aliphatic carbocycles. The molecule has 4 rings (SSSR count). The highest BCUT2D eigenvalue weighted by Gasteiger charge is 2.19. The van der Waals surface area contributed by atoms with Gasteiger partial charge in [0.1, 0.15) is 9.79 Å². The van der Waals surface area contributed by atoms with E-state index in [2.05, 4.69) is 5.32 Å². The van der Waals surface area contributed by atoms with E-state index in [-0.39, 0.29) is 10.8 Å². The number of fused-ring (bicyclic) bond motifs is 1. The van der Waals surface area contributed by atoms with Crippen LogP contribution in [0.1, 0.15) is 0 Å². The molecule has 0 saturated carbocycles. The molecule has 0 atom stereocenters. The van der Waals surface area contributed by atoms with Crippen molar-refractivity contribution in [2.24, 2.45) is 0 Å². The Morgan fingerprint density at radius 1 is 0.618 bits per heavy atom. The highest BCUT2D eigenvalue weighted by molar-refractivity contribution is 7.86. The summed E-state index contributed by atoms with van der Waals surface area (Å²) in [7, 11) is -8.94. The van der Waals surface area contributed by atoms with Crippen LogP contribution in [0.25, 0.3) is 21.9 Å². The minimum atomic E-state index is -4.47. The SMILES string of the molecule is O=C(O)Nc1ccccc1-c1ccccc1.O=S(=O)(O)c1cccc2c(S(=O)(=O)O)cccc12. The zero-order chi connectivity index (χ0) is 24.9. The quantitative estimate of drug-likeness (QED) is 0.291. The fourth-order valence-electron chi connectivity index (χ4n) is 3.28. The molecular formula is C23H19NO8S2. The van der Waals surface area contributed by atoms with E-state index in [9.17, 15) is 21.6 Å². The van der Waals surface area contributed by atoms with Crippen LogP contribution in [-0.4, -0.2) is 37.1 Å². The number of amides is 1. The number of carbonyl (C=O) groups is 1. The summed E-state index contributed by atoms with van der Waals surface area (Å²) in [6.45, 7) is 0. The molecule has 34 heavy (non-hydrogen) atoms. The van der Waals surface area contributed by atoms with Crippen LogP contribution in [0, 0.1) is 0 Å². The summed E-state index contributed by atoms with van der Waals surface area (Å²) in [6, 6.07) is 24.5. The second-order valence-corrected chi connectivity index (χ2v) is 9.68.